The normalized spacial score (nSPS) is 12.5. The summed E-state index contributed by atoms with van der Waals surface area (Å²) in [7, 11) is 3.94. The van der Waals surface area contributed by atoms with Gasteiger partial charge in [-0.3, -0.25) is 4.21 Å². The molecule has 0 aliphatic heterocycles. The Balaban J connectivity index is 1.86. The van der Waals surface area contributed by atoms with Crippen LogP contribution in [0.1, 0.15) is 18.1 Å². The third-order valence-electron chi connectivity index (χ3n) is 4.28. The standard InChI is InChI=1S/C17H22N6O2S/c1-4-13-7-12(9-20-21-26(24)25)5-6-15(13)23(3)17-8-16-14(10-18-17)19-11-22(16)2/h5-8,10-11,20-21H,4,9H2,1-3H3,(H,24,25)/p-1. The molecule has 0 saturated heterocycles. The average Bonchev–Trinajstić information content (AvgIpc) is 3.01. The van der Waals surface area contributed by atoms with Crippen molar-refractivity contribution in [1.29, 1.82) is 0 Å². The third-order valence-corrected chi connectivity index (χ3v) is 4.59. The molecule has 0 aliphatic rings. The Morgan fingerprint density at radius 1 is 1.31 bits per heavy atom. The molecule has 2 aromatic heterocycles. The molecule has 3 rings (SSSR count). The van der Waals surface area contributed by atoms with Crippen LogP contribution in [0.4, 0.5) is 11.5 Å². The number of benzene rings is 1. The van der Waals surface area contributed by atoms with E-state index in [1.807, 2.05) is 41.8 Å². The molecule has 8 nitrogen and oxygen atoms in total. The van der Waals surface area contributed by atoms with Gasteiger partial charge in [0.05, 0.1) is 18.0 Å². The van der Waals surface area contributed by atoms with Crippen LogP contribution in [0.3, 0.4) is 0 Å². The molecule has 0 fully saturated rings. The lowest BCUT2D eigenvalue weighted by Gasteiger charge is -2.22. The molecule has 9 heteroatoms. The number of hydrogen-bond donors (Lipinski definition) is 2. The first-order valence-corrected chi connectivity index (χ1v) is 9.27. The number of pyridine rings is 1. The van der Waals surface area contributed by atoms with E-state index >= 15 is 0 Å². The van der Waals surface area contributed by atoms with Gasteiger partial charge in [0, 0.05) is 43.7 Å². The van der Waals surface area contributed by atoms with Gasteiger partial charge in [-0.05, 0) is 23.6 Å². The van der Waals surface area contributed by atoms with Gasteiger partial charge in [0.25, 0.3) is 0 Å². The zero-order chi connectivity index (χ0) is 18.7. The van der Waals surface area contributed by atoms with E-state index in [1.54, 1.807) is 12.5 Å². The Morgan fingerprint density at radius 2 is 2.12 bits per heavy atom. The van der Waals surface area contributed by atoms with Crippen LogP contribution in [0, 0.1) is 0 Å². The molecule has 1 atom stereocenters. The summed E-state index contributed by atoms with van der Waals surface area (Å²) < 4.78 is 23.0. The van der Waals surface area contributed by atoms with Crippen molar-refractivity contribution in [2.45, 2.75) is 19.9 Å². The molecule has 26 heavy (non-hydrogen) atoms. The van der Waals surface area contributed by atoms with Crippen molar-refractivity contribution in [2.75, 3.05) is 11.9 Å². The van der Waals surface area contributed by atoms with E-state index in [2.05, 4.69) is 33.2 Å². The van der Waals surface area contributed by atoms with Crippen molar-refractivity contribution in [3.8, 4) is 0 Å². The molecule has 2 heterocycles. The van der Waals surface area contributed by atoms with Gasteiger partial charge in [0.15, 0.2) is 0 Å². The molecule has 1 unspecified atom stereocenters. The zero-order valence-corrected chi connectivity index (χ0v) is 15.7. The van der Waals surface area contributed by atoms with Gasteiger partial charge >= 0.3 is 0 Å². The van der Waals surface area contributed by atoms with Crippen molar-refractivity contribution >= 4 is 33.8 Å². The molecule has 0 saturated carbocycles. The monoisotopic (exact) mass is 373 g/mol. The molecule has 3 aromatic rings. The van der Waals surface area contributed by atoms with Gasteiger partial charge in [-0.15, -0.1) is 0 Å². The fourth-order valence-corrected chi connectivity index (χ4v) is 3.07. The lowest BCUT2D eigenvalue weighted by molar-refractivity contribution is 0.503. The molecule has 0 spiro atoms. The van der Waals surface area contributed by atoms with Crippen LogP contribution in [0.15, 0.2) is 36.8 Å². The maximum absolute atomic E-state index is 10.5. The molecular weight excluding hydrogens is 352 g/mol. The topological polar surface area (TPSA) is 98.1 Å². The molecule has 0 amide bonds. The van der Waals surface area contributed by atoms with Crippen LogP contribution < -0.4 is 15.2 Å². The van der Waals surface area contributed by atoms with Gasteiger partial charge in [0.2, 0.25) is 0 Å². The average molecular weight is 373 g/mol. The Morgan fingerprint density at radius 3 is 2.85 bits per heavy atom. The van der Waals surface area contributed by atoms with Crippen LogP contribution >= 0.6 is 0 Å². The van der Waals surface area contributed by atoms with Crippen LogP contribution in [-0.2, 0) is 31.3 Å². The predicted molar refractivity (Wildman–Crippen MR) is 101 cm³/mol. The second kappa shape index (κ2) is 7.92. The van der Waals surface area contributed by atoms with E-state index in [9.17, 15) is 8.76 Å². The molecular formula is C17H21N6O2S-. The number of hydrazine groups is 1. The maximum atomic E-state index is 10.5. The molecule has 138 valence electrons. The smallest absolute Gasteiger partial charge is 0.134 e. The lowest BCUT2D eigenvalue weighted by atomic mass is 10.1. The molecule has 0 bridgehead atoms. The second-order valence-corrected chi connectivity index (χ2v) is 6.63. The summed E-state index contributed by atoms with van der Waals surface area (Å²) in [6.45, 7) is 2.50. The lowest BCUT2D eigenvalue weighted by Crippen LogP contribution is -2.32. The highest BCUT2D eigenvalue weighted by Crippen LogP contribution is 2.28. The van der Waals surface area contributed by atoms with Crippen LogP contribution in [0.25, 0.3) is 11.0 Å². The van der Waals surface area contributed by atoms with Crippen molar-refractivity contribution in [1.82, 2.24) is 24.8 Å². The molecule has 0 aliphatic carbocycles. The van der Waals surface area contributed by atoms with Crippen LogP contribution in [0.5, 0.6) is 0 Å². The highest BCUT2D eigenvalue weighted by molar-refractivity contribution is 7.76. The highest BCUT2D eigenvalue weighted by atomic mass is 32.2. The Labute approximate surface area is 154 Å². The fraction of sp³-hybridized carbons (Fsp3) is 0.294. The molecule has 0 radical (unpaired) electrons. The van der Waals surface area contributed by atoms with Gasteiger partial charge in [-0.2, -0.15) is 4.83 Å². The summed E-state index contributed by atoms with van der Waals surface area (Å²) in [6.07, 6.45) is 4.40. The Hall–Kier alpha value is -2.33. The number of nitrogens with one attached hydrogen (secondary N) is 2. The number of aromatic nitrogens is 3. The van der Waals surface area contributed by atoms with E-state index in [0.29, 0.717) is 6.54 Å². The molecule has 1 aromatic carbocycles. The van der Waals surface area contributed by atoms with Gasteiger partial charge < -0.3 is 14.0 Å². The van der Waals surface area contributed by atoms with Crippen molar-refractivity contribution < 1.29 is 8.76 Å². The number of rotatable bonds is 7. The quantitative estimate of drug-likeness (QED) is 0.483. The summed E-state index contributed by atoms with van der Waals surface area (Å²) in [6, 6.07) is 8.08. The number of anilines is 2. The summed E-state index contributed by atoms with van der Waals surface area (Å²) in [5.41, 5.74) is 7.76. The minimum Gasteiger partial charge on any atom is -0.759 e. The Bertz CT molecular complexity index is 942. The number of nitrogens with zero attached hydrogens (tertiary/aromatic N) is 4. The highest BCUT2D eigenvalue weighted by Gasteiger charge is 2.12. The third kappa shape index (κ3) is 3.91. The Kier molecular flexibility index (Phi) is 5.62. The summed E-state index contributed by atoms with van der Waals surface area (Å²) in [4.78, 5) is 13.0. The second-order valence-electron chi connectivity index (χ2n) is 5.95. The number of imidazole rings is 1. The number of aryl methyl sites for hydroxylation is 2. The van der Waals surface area contributed by atoms with Gasteiger partial charge in [-0.25, -0.2) is 15.4 Å². The van der Waals surface area contributed by atoms with E-state index in [4.69, 9.17) is 0 Å². The zero-order valence-electron chi connectivity index (χ0n) is 14.9. The van der Waals surface area contributed by atoms with Crippen LogP contribution in [-0.4, -0.2) is 30.3 Å². The maximum Gasteiger partial charge on any atom is 0.134 e. The fourth-order valence-electron chi connectivity index (χ4n) is 2.88. The van der Waals surface area contributed by atoms with Crippen molar-refractivity contribution in [3.63, 3.8) is 0 Å². The summed E-state index contributed by atoms with van der Waals surface area (Å²) in [5.74, 6) is 0.838. The predicted octanol–water partition coefficient (Wildman–Crippen LogP) is 1.69. The first-order chi connectivity index (χ1) is 12.5. The van der Waals surface area contributed by atoms with Crippen molar-refractivity contribution in [3.05, 3.63) is 47.9 Å². The number of fused-ring (bicyclic) bond motifs is 1. The first kappa shape index (κ1) is 18.5. The first-order valence-electron chi connectivity index (χ1n) is 8.20. The largest absolute Gasteiger partial charge is 0.759 e. The minimum atomic E-state index is -2.33. The van der Waals surface area contributed by atoms with E-state index < -0.39 is 11.3 Å². The SMILES string of the molecule is CCc1cc(CNNS(=O)[O-])ccc1N(C)c1cc2c(cn1)ncn2C. The van der Waals surface area contributed by atoms with Gasteiger partial charge in [-0.1, -0.05) is 19.1 Å². The minimum absolute atomic E-state index is 0.407. The summed E-state index contributed by atoms with van der Waals surface area (Å²) in [5, 5.41) is 0. The van der Waals surface area contributed by atoms with Gasteiger partial charge in [0.1, 0.15) is 11.3 Å². The summed E-state index contributed by atoms with van der Waals surface area (Å²) >= 11 is -2.33. The van der Waals surface area contributed by atoms with E-state index in [1.165, 1.54) is 0 Å². The van der Waals surface area contributed by atoms with Crippen molar-refractivity contribution in [2.24, 2.45) is 7.05 Å². The van der Waals surface area contributed by atoms with Crippen LogP contribution in [0.2, 0.25) is 0 Å². The molecule has 2 N–H and O–H groups in total. The van der Waals surface area contributed by atoms with E-state index in [-0.39, 0.29) is 0 Å². The van der Waals surface area contributed by atoms with E-state index in [0.717, 1.165) is 40.1 Å². The number of hydrogen-bond acceptors (Lipinski definition) is 6.